The van der Waals surface area contributed by atoms with Crippen molar-refractivity contribution in [3.05, 3.63) is 40.1 Å². The Kier molecular flexibility index (Phi) is 2.64. The van der Waals surface area contributed by atoms with Gasteiger partial charge in [-0.15, -0.1) is 0 Å². The highest BCUT2D eigenvalue weighted by molar-refractivity contribution is 5.71. The Bertz CT molecular complexity index is 384. The van der Waals surface area contributed by atoms with Crippen molar-refractivity contribution in [3.8, 4) is 5.75 Å². The number of carboxylic acids is 1. The van der Waals surface area contributed by atoms with Crippen LogP contribution in [0.2, 0.25) is 0 Å². The van der Waals surface area contributed by atoms with E-state index in [2.05, 4.69) is 0 Å². The van der Waals surface area contributed by atoms with Gasteiger partial charge in [0, 0.05) is 5.56 Å². The zero-order valence-electron chi connectivity index (χ0n) is 6.73. The molecule has 1 aromatic rings. The molecule has 4 nitrogen and oxygen atoms in total. The van der Waals surface area contributed by atoms with Crippen LogP contribution in [0.25, 0.3) is 0 Å². The van der Waals surface area contributed by atoms with Crippen molar-refractivity contribution in [2.24, 2.45) is 0 Å². The van der Waals surface area contributed by atoms with Crippen LogP contribution in [0.4, 0.5) is 0 Å². The second kappa shape index (κ2) is 3.71. The summed E-state index contributed by atoms with van der Waals surface area (Å²) in [6.45, 7) is 0. The van der Waals surface area contributed by atoms with E-state index in [-0.39, 0.29) is 12.0 Å². The van der Waals surface area contributed by atoms with Gasteiger partial charge in [0.05, 0.1) is 6.42 Å². The SMILES string of the molecule is O=C(O)Cc1ccccc(=O)c1O. The average molecular weight is 180 g/mol. The molecule has 68 valence electrons. The first-order chi connectivity index (χ1) is 6.11. The lowest BCUT2D eigenvalue weighted by atomic mass is 10.2. The van der Waals surface area contributed by atoms with Crippen LogP contribution < -0.4 is 5.43 Å². The molecule has 0 radical (unpaired) electrons. The Morgan fingerprint density at radius 2 is 1.92 bits per heavy atom. The molecule has 0 unspecified atom stereocenters. The first-order valence-corrected chi connectivity index (χ1v) is 3.64. The molecule has 0 saturated heterocycles. The van der Waals surface area contributed by atoms with Gasteiger partial charge in [-0.25, -0.2) is 0 Å². The molecule has 0 heterocycles. The quantitative estimate of drug-likeness (QED) is 0.689. The van der Waals surface area contributed by atoms with E-state index in [9.17, 15) is 14.7 Å². The van der Waals surface area contributed by atoms with E-state index in [1.807, 2.05) is 0 Å². The van der Waals surface area contributed by atoms with Crippen LogP contribution in [0.15, 0.2) is 29.1 Å². The molecule has 13 heavy (non-hydrogen) atoms. The lowest BCUT2D eigenvalue weighted by Gasteiger charge is -1.94. The van der Waals surface area contributed by atoms with E-state index < -0.39 is 17.1 Å². The summed E-state index contributed by atoms with van der Waals surface area (Å²) in [6.07, 6.45) is -0.351. The Balaban J connectivity index is 3.23. The minimum atomic E-state index is -1.08. The Labute approximate surface area is 74.1 Å². The van der Waals surface area contributed by atoms with E-state index in [0.717, 1.165) is 0 Å². The number of carboxylic acid groups (broad SMARTS) is 1. The van der Waals surface area contributed by atoms with Gasteiger partial charge < -0.3 is 10.2 Å². The minimum Gasteiger partial charge on any atom is -0.504 e. The van der Waals surface area contributed by atoms with Gasteiger partial charge in [0.2, 0.25) is 5.43 Å². The molecule has 0 bridgehead atoms. The minimum absolute atomic E-state index is 0.127. The molecule has 1 aromatic carbocycles. The third-order valence-electron chi connectivity index (χ3n) is 1.54. The molecule has 0 aliphatic rings. The second-order valence-corrected chi connectivity index (χ2v) is 2.53. The second-order valence-electron chi connectivity index (χ2n) is 2.53. The highest BCUT2D eigenvalue weighted by Crippen LogP contribution is 2.09. The van der Waals surface area contributed by atoms with Crippen LogP contribution in [0.5, 0.6) is 5.75 Å². The molecular formula is C9H8O4. The summed E-state index contributed by atoms with van der Waals surface area (Å²) in [5, 5.41) is 17.7. The molecule has 1 rings (SSSR count). The Morgan fingerprint density at radius 1 is 1.31 bits per heavy atom. The van der Waals surface area contributed by atoms with Crippen LogP contribution in [0.3, 0.4) is 0 Å². The number of aliphatic carboxylic acids is 1. The maximum atomic E-state index is 11.0. The summed E-state index contributed by atoms with van der Waals surface area (Å²) in [5.41, 5.74) is -0.441. The number of hydrogen-bond donors (Lipinski definition) is 2. The van der Waals surface area contributed by atoms with Gasteiger partial charge in [-0.3, -0.25) is 9.59 Å². The van der Waals surface area contributed by atoms with Crippen molar-refractivity contribution in [2.75, 3.05) is 0 Å². The maximum Gasteiger partial charge on any atom is 0.307 e. The van der Waals surface area contributed by atoms with Crippen LogP contribution in [0.1, 0.15) is 5.56 Å². The summed E-state index contributed by atoms with van der Waals surface area (Å²) in [5.74, 6) is -1.58. The summed E-state index contributed by atoms with van der Waals surface area (Å²) >= 11 is 0. The Morgan fingerprint density at radius 3 is 2.54 bits per heavy atom. The normalized spacial score (nSPS) is 9.54. The molecule has 4 heteroatoms. The van der Waals surface area contributed by atoms with Gasteiger partial charge in [0.1, 0.15) is 0 Å². The van der Waals surface area contributed by atoms with E-state index in [1.165, 1.54) is 24.3 Å². The summed E-state index contributed by atoms with van der Waals surface area (Å²) in [4.78, 5) is 21.3. The van der Waals surface area contributed by atoms with Crippen molar-refractivity contribution in [1.29, 1.82) is 0 Å². The summed E-state index contributed by atoms with van der Waals surface area (Å²) in [7, 11) is 0. The fourth-order valence-corrected chi connectivity index (χ4v) is 0.936. The number of hydrogen-bond acceptors (Lipinski definition) is 3. The fraction of sp³-hybridized carbons (Fsp3) is 0.111. The van der Waals surface area contributed by atoms with Gasteiger partial charge in [0.15, 0.2) is 5.75 Å². The molecule has 0 saturated carbocycles. The zero-order chi connectivity index (χ0) is 9.84. The first-order valence-electron chi connectivity index (χ1n) is 3.64. The standard InChI is InChI=1S/C9H8O4/c10-7-4-2-1-3-6(9(7)13)5-8(11)12/h1-4H,5H2,(H,10,13)(H,11,12). The summed E-state index contributed by atoms with van der Waals surface area (Å²) in [6, 6.07) is 5.55. The molecule has 0 aliphatic carbocycles. The molecular weight excluding hydrogens is 172 g/mol. The highest BCUT2D eigenvalue weighted by atomic mass is 16.4. The lowest BCUT2D eigenvalue weighted by Crippen LogP contribution is -2.03. The predicted molar refractivity (Wildman–Crippen MR) is 45.7 cm³/mol. The molecule has 0 aromatic heterocycles. The third-order valence-corrected chi connectivity index (χ3v) is 1.54. The Hall–Kier alpha value is -1.84. The monoisotopic (exact) mass is 180 g/mol. The zero-order valence-corrected chi connectivity index (χ0v) is 6.73. The van der Waals surface area contributed by atoms with Crippen molar-refractivity contribution < 1.29 is 15.0 Å². The van der Waals surface area contributed by atoms with Crippen LogP contribution in [-0.2, 0) is 11.2 Å². The maximum absolute atomic E-state index is 11.0. The molecule has 0 spiro atoms. The van der Waals surface area contributed by atoms with Gasteiger partial charge >= 0.3 is 5.97 Å². The van der Waals surface area contributed by atoms with Crippen LogP contribution in [-0.4, -0.2) is 16.2 Å². The number of rotatable bonds is 2. The van der Waals surface area contributed by atoms with E-state index in [0.29, 0.717) is 0 Å². The van der Waals surface area contributed by atoms with Gasteiger partial charge in [0.25, 0.3) is 0 Å². The molecule has 0 fully saturated rings. The first kappa shape index (κ1) is 9.25. The predicted octanol–water partition coefficient (Wildman–Crippen LogP) is 0.380. The van der Waals surface area contributed by atoms with Crippen molar-refractivity contribution in [2.45, 2.75) is 6.42 Å². The fourth-order valence-electron chi connectivity index (χ4n) is 0.936. The lowest BCUT2D eigenvalue weighted by molar-refractivity contribution is -0.136. The van der Waals surface area contributed by atoms with Gasteiger partial charge in [-0.1, -0.05) is 18.2 Å². The number of carbonyl (C=O) groups is 1. The molecule has 0 aliphatic heterocycles. The molecule has 2 N–H and O–H groups in total. The van der Waals surface area contributed by atoms with Crippen molar-refractivity contribution in [3.63, 3.8) is 0 Å². The summed E-state index contributed by atoms with van der Waals surface area (Å²) < 4.78 is 0. The van der Waals surface area contributed by atoms with Crippen molar-refractivity contribution in [1.82, 2.24) is 0 Å². The van der Waals surface area contributed by atoms with Crippen LogP contribution >= 0.6 is 0 Å². The van der Waals surface area contributed by atoms with E-state index in [1.54, 1.807) is 0 Å². The van der Waals surface area contributed by atoms with Gasteiger partial charge in [-0.05, 0) is 6.07 Å². The number of aromatic hydroxyl groups is 1. The van der Waals surface area contributed by atoms with Crippen LogP contribution in [0, 0.1) is 0 Å². The molecule has 0 atom stereocenters. The highest BCUT2D eigenvalue weighted by Gasteiger charge is 2.06. The smallest absolute Gasteiger partial charge is 0.307 e. The van der Waals surface area contributed by atoms with Crippen molar-refractivity contribution >= 4 is 5.97 Å². The topological polar surface area (TPSA) is 74.6 Å². The third kappa shape index (κ3) is 2.30. The van der Waals surface area contributed by atoms with E-state index in [4.69, 9.17) is 5.11 Å². The molecule has 0 amide bonds. The van der Waals surface area contributed by atoms with Gasteiger partial charge in [-0.2, -0.15) is 0 Å². The average Bonchev–Trinajstić information content (AvgIpc) is 2.19. The van der Waals surface area contributed by atoms with E-state index >= 15 is 0 Å². The largest absolute Gasteiger partial charge is 0.504 e.